The van der Waals surface area contributed by atoms with Gasteiger partial charge in [-0.3, -0.25) is 0 Å². The molecule has 1 rings (SSSR count). The molecule has 0 radical (unpaired) electrons. The number of primary sulfonamides is 1. The number of benzene rings is 1. The zero-order valence-electron chi connectivity index (χ0n) is 11.8. The van der Waals surface area contributed by atoms with Crippen LogP contribution in [-0.2, 0) is 19.5 Å². The summed E-state index contributed by atoms with van der Waals surface area (Å²) in [5.41, 5.74) is 0.452. The lowest BCUT2D eigenvalue weighted by atomic mass is 10.2. The molecule has 0 aliphatic rings. The highest BCUT2D eigenvalue weighted by molar-refractivity contribution is 7.89. The Morgan fingerprint density at radius 2 is 1.81 bits per heavy atom. The smallest absolute Gasteiger partial charge is 0.338 e. The second-order valence-corrected chi connectivity index (χ2v) is 5.81. The zero-order valence-corrected chi connectivity index (χ0v) is 12.6. The summed E-state index contributed by atoms with van der Waals surface area (Å²) in [6, 6.07) is 6.51. The molecule has 0 saturated heterocycles. The zero-order chi connectivity index (χ0) is 15.7. The third kappa shape index (κ3) is 7.64. The van der Waals surface area contributed by atoms with Crippen LogP contribution in [0.1, 0.15) is 17.3 Å². The molecule has 1 aromatic carbocycles. The molecule has 2 N–H and O–H groups in total. The van der Waals surface area contributed by atoms with Crippen molar-refractivity contribution in [1.29, 1.82) is 0 Å². The highest BCUT2D eigenvalue weighted by Gasteiger charge is 2.06. The number of ether oxygens (including phenoxy) is 3. The number of sulfonamides is 1. The molecule has 0 unspecified atom stereocenters. The van der Waals surface area contributed by atoms with Crippen LogP contribution in [0.2, 0.25) is 0 Å². The molecule has 0 aromatic heterocycles. The number of nitrogens with two attached hydrogens (primary N) is 1. The van der Waals surface area contributed by atoms with E-state index in [9.17, 15) is 13.2 Å². The number of hydrogen-bond acceptors (Lipinski definition) is 6. The molecule has 0 aliphatic carbocycles. The van der Waals surface area contributed by atoms with Gasteiger partial charge in [0, 0.05) is 0 Å². The van der Waals surface area contributed by atoms with Crippen LogP contribution in [0.5, 0.6) is 5.75 Å². The number of carbonyl (C=O) groups excluding carboxylic acids is 1. The van der Waals surface area contributed by atoms with Crippen molar-refractivity contribution >= 4 is 16.0 Å². The van der Waals surface area contributed by atoms with Crippen LogP contribution < -0.4 is 9.88 Å². The maximum Gasteiger partial charge on any atom is 0.338 e. The summed E-state index contributed by atoms with van der Waals surface area (Å²) < 4.78 is 36.6. The average Bonchev–Trinajstić information content (AvgIpc) is 2.42. The standard InChI is InChI=1S/C13H19NO6S/c1-2-19-13(15)11-3-5-12(6-4-11)20-8-7-18-9-10-21(14,16)17/h3-6H,2,7-10H2,1H3,(H2,14,16,17). The van der Waals surface area contributed by atoms with E-state index in [-0.39, 0.29) is 31.5 Å². The van der Waals surface area contributed by atoms with E-state index >= 15 is 0 Å². The molecular weight excluding hydrogens is 298 g/mol. The molecule has 0 atom stereocenters. The molecule has 1 aromatic rings. The highest BCUT2D eigenvalue weighted by Crippen LogP contribution is 2.12. The second-order valence-electron chi connectivity index (χ2n) is 4.07. The van der Waals surface area contributed by atoms with E-state index in [1.165, 1.54) is 0 Å². The predicted octanol–water partition coefficient (Wildman–Crippen LogP) is 0.547. The topological polar surface area (TPSA) is 105 Å². The van der Waals surface area contributed by atoms with Crippen molar-refractivity contribution in [3.8, 4) is 5.75 Å². The van der Waals surface area contributed by atoms with Crippen LogP contribution in [-0.4, -0.2) is 46.6 Å². The van der Waals surface area contributed by atoms with Gasteiger partial charge < -0.3 is 14.2 Å². The summed E-state index contributed by atoms with van der Waals surface area (Å²) >= 11 is 0. The molecule has 8 heteroatoms. The third-order valence-electron chi connectivity index (χ3n) is 2.37. The Morgan fingerprint density at radius 1 is 1.14 bits per heavy atom. The van der Waals surface area contributed by atoms with Crippen molar-refractivity contribution in [2.75, 3.05) is 32.2 Å². The van der Waals surface area contributed by atoms with E-state index in [1.807, 2.05) is 0 Å². The third-order valence-corrected chi connectivity index (χ3v) is 3.11. The van der Waals surface area contributed by atoms with Gasteiger partial charge in [-0.1, -0.05) is 0 Å². The highest BCUT2D eigenvalue weighted by atomic mass is 32.2. The van der Waals surface area contributed by atoms with Gasteiger partial charge in [-0.2, -0.15) is 0 Å². The molecule has 118 valence electrons. The van der Waals surface area contributed by atoms with E-state index in [2.05, 4.69) is 0 Å². The summed E-state index contributed by atoms with van der Waals surface area (Å²) in [6.07, 6.45) is 0. The summed E-state index contributed by atoms with van der Waals surface area (Å²) in [6.45, 7) is 2.61. The van der Waals surface area contributed by atoms with E-state index in [4.69, 9.17) is 19.3 Å². The summed E-state index contributed by atoms with van der Waals surface area (Å²) in [4.78, 5) is 11.4. The fraction of sp³-hybridized carbons (Fsp3) is 0.462. The lowest BCUT2D eigenvalue weighted by Crippen LogP contribution is -2.21. The minimum atomic E-state index is -3.49. The van der Waals surface area contributed by atoms with Gasteiger partial charge >= 0.3 is 5.97 Å². The van der Waals surface area contributed by atoms with Crippen molar-refractivity contribution < 1.29 is 27.4 Å². The Balaban J connectivity index is 2.25. The Morgan fingerprint density at radius 3 is 2.38 bits per heavy atom. The van der Waals surface area contributed by atoms with Gasteiger partial charge in [0.25, 0.3) is 0 Å². The molecule has 0 bridgehead atoms. The quantitative estimate of drug-likeness (QED) is 0.526. The fourth-order valence-electron chi connectivity index (χ4n) is 1.40. The van der Waals surface area contributed by atoms with Gasteiger partial charge in [-0.05, 0) is 31.2 Å². The number of hydrogen-bond donors (Lipinski definition) is 1. The molecular formula is C13H19NO6S. The van der Waals surface area contributed by atoms with Crippen molar-refractivity contribution in [1.82, 2.24) is 0 Å². The first-order chi connectivity index (χ1) is 9.92. The van der Waals surface area contributed by atoms with Crippen LogP contribution in [0.15, 0.2) is 24.3 Å². The maximum absolute atomic E-state index is 11.4. The van der Waals surface area contributed by atoms with Crippen molar-refractivity contribution in [2.24, 2.45) is 5.14 Å². The second kappa shape index (κ2) is 8.60. The van der Waals surface area contributed by atoms with Crippen molar-refractivity contribution in [3.05, 3.63) is 29.8 Å². The van der Waals surface area contributed by atoms with Crippen molar-refractivity contribution in [2.45, 2.75) is 6.92 Å². The Bertz CT molecular complexity index is 540. The maximum atomic E-state index is 11.4. The Kier molecular flexibility index (Phi) is 7.13. The molecule has 7 nitrogen and oxygen atoms in total. The minimum Gasteiger partial charge on any atom is -0.491 e. The van der Waals surface area contributed by atoms with Gasteiger partial charge in [-0.15, -0.1) is 0 Å². The SMILES string of the molecule is CCOC(=O)c1ccc(OCCOCCS(N)(=O)=O)cc1. The molecule has 0 aliphatic heterocycles. The van der Waals surface area contributed by atoms with Crippen LogP contribution in [0.4, 0.5) is 0 Å². The number of carbonyl (C=O) groups is 1. The lowest BCUT2D eigenvalue weighted by molar-refractivity contribution is 0.0526. The van der Waals surface area contributed by atoms with Gasteiger partial charge in [-0.25, -0.2) is 18.4 Å². The molecule has 0 saturated carbocycles. The van der Waals surface area contributed by atoms with E-state index in [0.717, 1.165) is 0 Å². The molecule has 21 heavy (non-hydrogen) atoms. The molecule has 0 amide bonds. The molecule has 0 spiro atoms. The Labute approximate surface area is 124 Å². The molecule has 0 heterocycles. The van der Waals surface area contributed by atoms with Crippen LogP contribution >= 0.6 is 0 Å². The average molecular weight is 317 g/mol. The summed E-state index contributed by atoms with van der Waals surface area (Å²) in [7, 11) is -3.49. The van der Waals surface area contributed by atoms with Crippen LogP contribution in [0, 0.1) is 0 Å². The van der Waals surface area contributed by atoms with E-state index in [1.54, 1.807) is 31.2 Å². The lowest BCUT2D eigenvalue weighted by Gasteiger charge is -2.07. The van der Waals surface area contributed by atoms with E-state index < -0.39 is 10.0 Å². The molecule has 0 fully saturated rings. The minimum absolute atomic E-state index is 0.0317. The van der Waals surface area contributed by atoms with Crippen LogP contribution in [0.25, 0.3) is 0 Å². The van der Waals surface area contributed by atoms with Gasteiger partial charge in [0.15, 0.2) is 0 Å². The van der Waals surface area contributed by atoms with Gasteiger partial charge in [0.2, 0.25) is 10.0 Å². The normalized spacial score (nSPS) is 11.1. The van der Waals surface area contributed by atoms with Gasteiger partial charge in [0.05, 0.1) is 31.1 Å². The monoisotopic (exact) mass is 317 g/mol. The van der Waals surface area contributed by atoms with Gasteiger partial charge in [0.1, 0.15) is 12.4 Å². The van der Waals surface area contributed by atoms with Crippen molar-refractivity contribution in [3.63, 3.8) is 0 Å². The predicted molar refractivity (Wildman–Crippen MR) is 76.7 cm³/mol. The number of rotatable bonds is 9. The largest absolute Gasteiger partial charge is 0.491 e. The fourth-order valence-corrected chi connectivity index (χ4v) is 1.75. The number of esters is 1. The van der Waals surface area contributed by atoms with E-state index in [0.29, 0.717) is 17.9 Å². The first-order valence-corrected chi connectivity index (χ1v) is 8.12. The van der Waals surface area contributed by atoms with Crippen LogP contribution in [0.3, 0.4) is 0 Å². The Hall–Kier alpha value is -1.64. The summed E-state index contributed by atoms with van der Waals surface area (Å²) in [5.74, 6) is -0.0187. The summed E-state index contributed by atoms with van der Waals surface area (Å²) in [5, 5.41) is 4.82. The first kappa shape index (κ1) is 17.4. The first-order valence-electron chi connectivity index (χ1n) is 6.40.